The first-order valence-electron chi connectivity index (χ1n) is 7.82. The van der Waals surface area contributed by atoms with E-state index in [1.54, 1.807) is 0 Å². The third kappa shape index (κ3) is 4.57. The van der Waals surface area contributed by atoms with Crippen LogP contribution in [0.2, 0.25) is 0 Å². The fourth-order valence-electron chi connectivity index (χ4n) is 2.89. The summed E-state index contributed by atoms with van der Waals surface area (Å²) in [6.45, 7) is 6.34. The van der Waals surface area contributed by atoms with Gasteiger partial charge in [0.15, 0.2) is 0 Å². The largest absolute Gasteiger partial charge is 0.369 e. The number of hydrogen-bond acceptors (Lipinski definition) is 2. The quantitative estimate of drug-likeness (QED) is 0.811. The maximum atomic E-state index is 6.45. The maximum absolute atomic E-state index is 6.45. The van der Waals surface area contributed by atoms with E-state index in [1.807, 2.05) is 0 Å². The number of likely N-dealkylation sites (N-methyl/N-ethyl adjacent to an activating group) is 1. The minimum atomic E-state index is 0.161. The molecule has 2 nitrogen and oxygen atoms in total. The van der Waals surface area contributed by atoms with Crippen LogP contribution in [0.3, 0.4) is 0 Å². The molecule has 20 heavy (non-hydrogen) atoms. The lowest BCUT2D eigenvalue weighted by Gasteiger charge is -2.32. The second-order valence-electron chi connectivity index (χ2n) is 5.78. The summed E-state index contributed by atoms with van der Waals surface area (Å²) in [5.74, 6) is 0.684. The monoisotopic (exact) mass is 339 g/mol. The summed E-state index contributed by atoms with van der Waals surface area (Å²) in [5, 5.41) is 3.43. The zero-order valence-electron chi connectivity index (χ0n) is 12.6. The molecule has 0 radical (unpaired) electrons. The SMILES string of the molecule is CCNCC(OC1CCCCC1C)c1ccc(Br)cc1. The van der Waals surface area contributed by atoms with E-state index >= 15 is 0 Å². The first kappa shape index (κ1) is 16.0. The van der Waals surface area contributed by atoms with Crippen LogP contribution in [0.25, 0.3) is 0 Å². The van der Waals surface area contributed by atoms with Gasteiger partial charge in [-0.25, -0.2) is 0 Å². The first-order valence-corrected chi connectivity index (χ1v) is 8.61. The van der Waals surface area contributed by atoms with E-state index in [4.69, 9.17) is 4.74 Å². The van der Waals surface area contributed by atoms with Gasteiger partial charge in [-0.05, 0) is 43.0 Å². The highest BCUT2D eigenvalue weighted by Crippen LogP contribution is 2.31. The molecule has 0 aromatic heterocycles. The summed E-state index contributed by atoms with van der Waals surface area (Å²) in [6, 6.07) is 8.53. The third-order valence-corrected chi connectivity index (χ3v) is 4.72. The lowest BCUT2D eigenvalue weighted by Crippen LogP contribution is -2.31. The highest BCUT2D eigenvalue weighted by Gasteiger charge is 2.25. The average Bonchev–Trinajstić information content (AvgIpc) is 2.46. The van der Waals surface area contributed by atoms with Crippen molar-refractivity contribution in [3.63, 3.8) is 0 Å². The van der Waals surface area contributed by atoms with Crippen LogP contribution < -0.4 is 5.32 Å². The summed E-state index contributed by atoms with van der Waals surface area (Å²) in [5.41, 5.74) is 1.27. The number of nitrogens with one attached hydrogen (secondary N) is 1. The van der Waals surface area contributed by atoms with Gasteiger partial charge in [0.25, 0.3) is 0 Å². The maximum Gasteiger partial charge on any atom is 0.0953 e. The van der Waals surface area contributed by atoms with Gasteiger partial charge in [0, 0.05) is 11.0 Å². The van der Waals surface area contributed by atoms with Crippen molar-refractivity contribution < 1.29 is 4.74 Å². The molecular weight excluding hydrogens is 314 g/mol. The van der Waals surface area contributed by atoms with Crippen molar-refractivity contribution in [1.29, 1.82) is 0 Å². The molecule has 0 amide bonds. The molecule has 112 valence electrons. The van der Waals surface area contributed by atoms with E-state index in [0.717, 1.165) is 17.6 Å². The molecule has 0 heterocycles. The predicted molar refractivity (Wildman–Crippen MR) is 87.9 cm³/mol. The van der Waals surface area contributed by atoms with E-state index in [1.165, 1.54) is 31.2 Å². The molecule has 1 aromatic carbocycles. The lowest BCUT2D eigenvalue weighted by atomic mass is 9.87. The Morgan fingerprint density at radius 2 is 1.95 bits per heavy atom. The predicted octanol–water partition coefficient (Wildman–Crippen LogP) is 4.70. The van der Waals surface area contributed by atoms with Gasteiger partial charge in [-0.1, -0.05) is 54.8 Å². The molecule has 1 saturated carbocycles. The molecule has 2 rings (SSSR count). The van der Waals surface area contributed by atoms with Crippen LogP contribution in [-0.2, 0) is 4.74 Å². The number of halogens is 1. The minimum absolute atomic E-state index is 0.161. The van der Waals surface area contributed by atoms with Crippen molar-refractivity contribution in [2.75, 3.05) is 13.1 Å². The lowest BCUT2D eigenvalue weighted by molar-refractivity contribution is -0.0562. The Labute approximate surface area is 131 Å². The second kappa shape index (κ2) is 8.16. The highest BCUT2D eigenvalue weighted by molar-refractivity contribution is 9.10. The van der Waals surface area contributed by atoms with Crippen LogP contribution in [0.4, 0.5) is 0 Å². The number of hydrogen-bond donors (Lipinski definition) is 1. The molecule has 1 fully saturated rings. The fraction of sp³-hybridized carbons (Fsp3) is 0.647. The Kier molecular flexibility index (Phi) is 6.53. The average molecular weight is 340 g/mol. The highest BCUT2D eigenvalue weighted by atomic mass is 79.9. The van der Waals surface area contributed by atoms with Crippen molar-refractivity contribution in [2.45, 2.75) is 51.7 Å². The third-order valence-electron chi connectivity index (χ3n) is 4.19. The Morgan fingerprint density at radius 1 is 1.25 bits per heavy atom. The molecule has 3 unspecified atom stereocenters. The van der Waals surface area contributed by atoms with Gasteiger partial charge in [0.1, 0.15) is 0 Å². The summed E-state index contributed by atoms with van der Waals surface area (Å²) in [4.78, 5) is 0. The molecule has 3 heteroatoms. The van der Waals surface area contributed by atoms with Gasteiger partial charge in [0.2, 0.25) is 0 Å². The Balaban J connectivity index is 2.04. The Morgan fingerprint density at radius 3 is 2.60 bits per heavy atom. The van der Waals surface area contributed by atoms with Crippen LogP contribution in [0.1, 0.15) is 51.2 Å². The summed E-state index contributed by atoms with van der Waals surface area (Å²) in [6.07, 6.45) is 5.75. The standard InChI is InChI=1S/C17H26BrNO/c1-3-19-12-17(14-8-10-15(18)11-9-14)20-16-7-5-4-6-13(16)2/h8-11,13,16-17,19H,3-7,12H2,1-2H3. The van der Waals surface area contributed by atoms with Crippen molar-refractivity contribution in [2.24, 2.45) is 5.92 Å². The molecule has 3 atom stereocenters. The topological polar surface area (TPSA) is 21.3 Å². The zero-order valence-corrected chi connectivity index (χ0v) is 14.2. The van der Waals surface area contributed by atoms with Gasteiger partial charge >= 0.3 is 0 Å². The number of rotatable bonds is 6. The molecule has 1 aliphatic carbocycles. The van der Waals surface area contributed by atoms with Gasteiger partial charge in [0.05, 0.1) is 12.2 Å². The van der Waals surface area contributed by atoms with Crippen LogP contribution >= 0.6 is 15.9 Å². The molecule has 0 spiro atoms. The van der Waals surface area contributed by atoms with Crippen LogP contribution in [0.5, 0.6) is 0 Å². The second-order valence-corrected chi connectivity index (χ2v) is 6.70. The summed E-state index contributed by atoms with van der Waals surface area (Å²) in [7, 11) is 0. The smallest absolute Gasteiger partial charge is 0.0953 e. The van der Waals surface area contributed by atoms with E-state index in [9.17, 15) is 0 Å². The molecule has 1 aromatic rings. The molecule has 1 N–H and O–H groups in total. The van der Waals surface area contributed by atoms with Crippen molar-refractivity contribution in [3.8, 4) is 0 Å². The van der Waals surface area contributed by atoms with E-state index in [0.29, 0.717) is 12.0 Å². The van der Waals surface area contributed by atoms with E-state index < -0.39 is 0 Å². The van der Waals surface area contributed by atoms with Gasteiger partial charge < -0.3 is 10.1 Å². The zero-order chi connectivity index (χ0) is 14.4. The fourth-order valence-corrected chi connectivity index (χ4v) is 3.16. The number of ether oxygens (including phenoxy) is 1. The molecular formula is C17H26BrNO. The Hall–Kier alpha value is -0.380. The number of benzene rings is 1. The molecule has 0 bridgehead atoms. The molecule has 0 saturated heterocycles. The first-order chi connectivity index (χ1) is 9.70. The summed E-state index contributed by atoms with van der Waals surface area (Å²) >= 11 is 3.50. The normalized spacial score (nSPS) is 24.6. The van der Waals surface area contributed by atoms with Crippen LogP contribution in [0.15, 0.2) is 28.7 Å². The minimum Gasteiger partial charge on any atom is -0.369 e. The Bertz CT molecular complexity index is 392. The van der Waals surface area contributed by atoms with Gasteiger partial charge in [-0.15, -0.1) is 0 Å². The van der Waals surface area contributed by atoms with Crippen molar-refractivity contribution >= 4 is 15.9 Å². The molecule has 0 aliphatic heterocycles. The van der Waals surface area contributed by atoms with Crippen LogP contribution in [0, 0.1) is 5.92 Å². The van der Waals surface area contributed by atoms with E-state index in [-0.39, 0.29) is 6.10 Å². The van der Waals surface area contributed by atoms with Crippen LogP contribution in [-0.4, -0.2) is 19.2 Å². The van der Waals surface area contributed by atoms with E-state index in [2.05, 4.69) is 59.4 Å². The molecule has 1 aliphatic rings. The van der Waals surface area contributed by atoms with Gasteiger partial charge in [-0.3, -0.25) is 0 Å². The van der Waals surface area contributed by atoms with Gasteiger partial charge in [-0.2, -0.15) is 0 Å². The van der Waals surface area contributed by atoms with Crippen molar-refractivity contribution in [3.05, 3.63) is 34.3 Å². The van der Waals surface area contributed by atoms with Crippen molar-refractivity contribution in [1.82, 2.24) is 5.32 Å². The summed E-state index contributed by atoms with van der Waals surface area (Å²) < 4.78 is 7.57.